The second-order valence-electron chi connectivity index (χ2n) is 5.70. The lowest BCUT2D eigenvalue weighted by molar-refractivity contribution is -0.128. The van der Waals surface area contributed by atoms with Gasteiger partial charge in [0.25, 0.3) is 5.91 Å². The largest absolute Gasteiger partial charge is 0.481 e. The van der Waals surface area contributed by atoms with Gasteiger partial charge in [-0.25, -0.2) is 0 Å². The fourth-order valence-electron chi connectivity index (χ4n) is 2.71. The van der Waals surface area contributed by atoms with Crippen LogP contribution in [-0.4, -0.2) is 23.2 Å². The Morgan fingerprint density at radius 2 is 2.14 bits per heavy atom. The van der Waals surface area contributed by atoms with Crippen LogP contribution in [0.25, 0.3) is 0 Å². The molecule has 0 radical (unpaired) electrons. The number of hydrogen-bond donors (Lipinski definition) is 2. The highest BCUT2D eigenvalue weighted by Gasteiger charge is 2.22. The number of hydrogen-bond acceptors (Lipinski definition) is 3. The van der Waals surface area contributed by atoms with E-state index in [1.165, 1.54) is 0 Å². The zero-order valence-electron chi connectivity index (χ0n) is 13.1. The lowest BCUT2D eigenvalue weighted by Gasteiger charge is -2.19. The molecule has 21 heavy (non-hydrogen) atoms. The molecule has 4 nitrogen and oxygen atoms in total. The molecule has 1 aliphatic carbocycles. The molecular weight excluding hydrogens is 266 g/mol. The Morgan fingerprint density at radius 3 is 2.81 bits per heavy atom. The third-order valence-electron chi connectivity index (χ3n) is 4.17. The molecule has 1 aromatic carbocycles. The first-order valence-electron chi connectivity index (χ1n) is 7.83. The van der Waals surface area contributed by atoms with Crippen molar-refractivity contribution in [2.75, 3.05) is 0 Å². The number of aliphatic hydroxyl groups excluding tert-OH is 1. The summed E-state index contributed by atoms with van der Waals surface area (Å²) in [6, 6.07) is 5.87. The molecule has 0 fully saturated rings. The van der Waals surface area contributed by atoms with Gasteiger partial charge in [-0.15, -0.1) is 0 Å². The van der Waals surface area contributed by atoms with Crippen molar-refractivity contribution in [1.29, 1.82) is 0 Å². The molecule has 1 aliphatic rings. The van der Waals surface area contributed by atoms with Gasteiger partial charge >= 0.3 is 0 Å². The highest BCUT2D eigenvalue weighted by atomic mass is 16.5. The first kappa shape index (κ1) is 15.8. The normalized spacial score (nSPS) is 18.4. The lowest BCUT2D eigenvalue weighted by Crippen LogP contribution is -2.42. The SMILES string of the molecule is CCC(CC)NC(=O)C(C)Oc1ccc2c(c1)CC[C@H]2O. The van der Waals surface area contributed by atoms with Gasteiger partial charge in [0.05, 0.1) is 6.10 Å². The quantitative estimate of drug-likeness (QED) is 0.847. The molecule has 2 atom stereocenters. The average Bonchev–Trinajstić information content (AvgIpc) is 2.85. The number of amides is 1. The molecule has 0 heterocycles. The Morgan fingerprint density at radius 1 is 1.43 bits per heavy atom. The van der Waals surface area contributed by atoms with Gasteiger partial charge in [0.1, 0.15) is 5.75 Å². The van der Waals surface area contributed by atoms with E-state index in [2.05, 4.69) is 19.2 Å². The Hall–Kier alpha value is -1.55. The maximum atomic E-state index is 12.1. The van der Waals surface area contributed by atoms with Crippen molar-refractivity contribution >= 4 is 5.91 Å². The summed E-state index contributed by atoms with van der Waals surface area (Å²) < 4.78 is 5.73. The van der Waals surface area contributed by atoms with Crippen molar-refractivity contribution < 1.29 is 14.6 Å². The average molecular weight is 291 g/mol. The van der Waals surface area contributed by atoms with Crippen LogP contribution in [0.3, 0.4) is 0 Å². The summed E-state index contributed by atoms with van der Waals surface area (Å²) in [6.07, 6.45) is 2.60. The zero-order chi connectivity index (χ0) is 15.4. The number of fused-ring (bicyclic) bond motifs is 1. The van der Waals surface area contributed by atoms with Gasteiger partial charge in [0, 0.05) is 6.04 Å². The number of ether oxygens (including phenoxy) is 1. The molecule has 0 aliphatic heterocycles. The van der Waals surface area contributed by atoms with Crippen molar-refractivity contribution in [3.63, 3.8) is 0 Å². The van der Waals surface area contributed by atoms with Crippen molar-refractivity contribution in [3.05, 3.63) is 29.3 Å². The van der Waals surface area contributed by atoms with Gasteiger partial charge in [-0.3, -0.25) is 4.79 Å². The molecule has 1 amide bonds. The molecular formula is C17H25NO3. The molecule has 1 aromatic rings. The molecule has 0 saturated heterocycles. The molecule has 0 saturated carbocycles. The van der Waals surface area contributed by atoms with Crippen LogP contribution in [0.4, 0.5) is 0 Å². The van der Waals surface area contributed by atoms with E-state index < -0.39 is 6.10 Å². The summed E-state index contributed by atoms with van der Waals surface area (Å²) in [5.41, 5.74) is 2.10. The van der Waals surface area contributed by atoms with E-state index in [4.69, 9.17) is 4.74 Å². The fraction of sp³-hybridized carbons (Fsp3) is 0.588. The second kappa shape index (κ2) is 6.94. The van der Waals surface area contributed by atoms with Gasteiger partial charge < -0.3 is 15.2 Å². The molecule has 2 rings (SSSR count). The van der Waals surface area contributed by atoms with Crippen LogP contribution in [0.1, 0.15) is 57.3 Å². The standard InChI is InChI=1S/C17H25NO3/c1-4-13(5-2)18-17(20)11(3)21-14-7-8-15-12(10-14)6-9-16(15)19/h7-8,10-11,13,16,19H,4-6,9H2,1-3H3,(H,18,20)/t11?,16-/m1/s1. The van der Waals surface area contributed by atoms with E-state index in [1.807, 2.05) is 18.2 Å². The van der Waals surface area contributed by atoms with E-state index >= 15 is 0 Å². The number of carbonyl (C=O) groups is 1. The van der Waals surface area contributed by atoms with E-state index in [0.29, 0.717) is 5.75 Å². The molecule has 2 N–H and O–H groups in total. The molecule has 1 unspecified atom stereocenters. The summed E-state index contributed by atoms with van der Waals surface area (Å²) >= 11 is 0. The maximum absolute atomic E-state index is 12.1. The summed E-state index contributed by atoms with van der Waals surface area (Å²) in [6.45, 7) is 5.89. The monoisotopic (exact) mass is 291 g/mol. The second-order valence-corrected chi connectivity index (χ2v) is 5.70. The smallest absolute Gasteiger partial charge is 0.260 e. The predicted octanol–water partition coefficient (Wildman–Crippen LogP) is 2.74. The summed E-state index contributed by atoms with van der Waals surface area (Å²) in [4.78, 5) is 12.1. The van der Waals surface area contributed by atoms with E-state index in [0.717, 1.165) is 36.8 Å². The first-order chi connectivity index (χ1) is 10.0. The predicted molar refractivity (Wildman–Crippen MR) is 82.3 cm³/mol. The molecule has 0 spiro atoms. The number of aliphatic hydroxyl groups is 1. The van der Waals surface area contributed by atoms with Gasteiger partial charge in [-0.05, 0) is 55.9 Å². The van der Waals surface area contributed by atoms with E-state index in [1.54, 1.807) is 6.92 Å². The van der Waals surface area contributed by atoms with E-state index in [9.17, 15) is 9.90 Å². The van der Waals surface area contributed by atoms with Crippen LogP contribution in [0, 0.1) is 0 Å². The number of rotatable bonds is 6. The van der Waals surface area contributed by atoms with Crippen LogP contribution in [-0.2, 0) is 11.2 Å². The maximum Gasteiger partial charge on any atom is 0.260 e. The molecule has 4 heteroatoms. The third-order valence-corrected chi connectivity index (χ3v) is 4.17. The van der Waals surface area contributed by atoms with Crippen molar-refractivity contribution in [1.82, 2.24) is 5.32 Å². The Bertz CT molecular complexity index is 497. The van der Waals surface area contributed by atoms with Crippen LogP contribution in [0.2, 0.25) is 0 Å². The molecule has 0 aromatic heterocycles. The summed E-state index contributed by atoms with van der Waals surface area (Å²) in [7, 11) is 0. The Balaban J connectivity index is 1.96. The van der Waals surface area contributed by atoms with Crippen molar-refractivity contribution in [2.24, 2.45) is 0 Å². The summed E-state index contributed by atoms with van der Waals surface area (Å²) in [5.74, 6) is 0.610. The van der Waals surface area contributed by atoms with Crippen LogP contribution < -0.4 is 10.1 Å². The topological polar surface area (TPSA) is 58.6 Å². The fourth-order valence-corrected chi connectivity index (χ4v) is 2.71. The number of benzene rings is 1. The van der Waals surface area contributed by atoms with Gasteiger partial charge in [-0.1, -0.05) is 19.9 Å². The van der Waals surface area contributed by atoms with E-state index in [-0.39, 0.29) is 18.1 Å². The van der Waals surface area contributed by atoms with Crippen LogP contribution >= 0.6 is 0 Å². The Kier molecular flexibility index (Phi) is 5.23. The third kappa shape index (κ3) is 3.76. The lowest BCUT2D eigenvalue weighted by atomic mass is 10.1. The summed E-state index contributed by atoms with van der Waals surface area (Å²) in [5, 5.41) is 12.8. The zero-order valence-corrected chi connectivity index (χ0v) is 13.1. The van der Waals surface area contributed by atoms with Gasteiger partial charge in [-0.2, -0.15) is 0 Å². The van der Waals surface area contributed by atoms with Gasteiger partial charge in [0.15, 0.2) is 6.10 Å². The minimum absolute atomic E-state index is 0.0794. The van der Waals surface area contributed by atoms with Crippen LogP contribution in [0.15, 0.2) is 18.2 Å². The minimum atomic E-state index is -0.519. The minimum Gasteiger partial charge on any atom is -0.481 e. The van der Waals surface area contributed by atoms with Crippen LogP contribution in [0.5, 0.6) is 5.75 Å². The number of carbonyl (C=O) groups excluding carboxylic acids is 1. The first-order valence-corrected chi connectivity index (χ1v) is 7.83. The van der Waals surface area contributed by atoms with Crippen molar-refractivity contribution in [3.8, 4) is 5.75 Å². The number of nitrogens with one attached hydrogen (secondary N) is 1. The highest BCUT2D eigenvalue weighted by molar-refractivity contribution is 5.81. The highest BCUT2D eigenvalue weighted by Crippen LogP contribution is 2.33. The van der Waals surface area contributed by atoms with Gasteiger partial charge in [0.2, 0.25) is 0 Å². The number of aryl methyl sites for hydroxylation is 1. The van der Waals surface area contributed by atoms with Crippen molar-refractivity contribution in [2.45, 2.75) is 64.7 Å². The molecule has 0 bridgehead atoms. The molecule has 116 valence electrons. The Labute approximate surface area is 126 Å².